The van der Waals surface area contributed by atoms with E-state index >= 15 is 0 Å². The smallest absolute Gasteiger partial charge is 0.151 e. The van der Waals surface area contributed by atoms with Crippen molar-refractivity contribution in [2.75, 3.05) is 0 Å². The maximum Gasteiger partial charge on any atom is 0.151 e. The lowest BCUT2D eigenvalue weighted by molar-refractivity contribution is 0.625. The lowest BCUT2D eigenvalue weighted by Gasteiger charge is -2.17. The average Bonchev–Trinajstić information content (AvgIpc) is 2.55. The topological polar surface area (TPSA) is 99.7 Å². The second-order valence-corrected chi connectivity index (χ2v) is 9.23. The molecule has 0 saturated heterocycles. The fraction of sp³-hybridized carbons (Fsp3) is 0.176. The third-order valence-corrected chi connectivity index (χ3v) is 6.41. The zero-order valence-corrected chi connectivity index (χ0v) is 21.3. The van der Waals surface area contributed by atoms with E-state index in [2.05, 4.69) is 0 Å². The molecule has 6 N–H and O–H groups in total. The first kappa shape index (κ1) is 27.6. The number of hydrogen-bond donors (Lipinski definition) is 4. The van der Waals surface area contributed by atoms with E-state index in [4.69, 9.17) is 33.9 Å². The molecule has 28 heavy (non-hydrogen) atoms. The van der Waals surface area contributed by atoms with Crippen molar-refractivity contribution < 1.29 is 4.39 Å². The summed E-state index contributed by atoms with van der Waals surface area (Å²) in [4.78, 5) is 1.83. The first-order chi connectivity index (χ1) is 12.3. The molecule has 1 unspecified atom stereocenters. The van der Waals surface area contributed by atoms with Crippen molar-refractivity contribution in [2.24, 2.45) is 11.5 Å². The zero-order valence-electron chi connectivity index (χ0n) is 14.7. The van der Waals surface area contributed by atoms with Crippen molar-refractivity contribution in [1.82, 2.24) is 0 Å². The van der Waals surface area contributed by atoms with Crippen molar-refractivity contribution in [3.05, 3.63) is 58.4 Å². The van der Waals surface area contributed by atoms with Crippen LogP contribution in [0.5, 0.6) is 0 Å². The molecule has 0 saturated carbocycles. The summed E-state index contributed by atoms with van der Waals surface area (Å²) in [6.45, 7) is 1.96. The van der Waals surface area contributed by atoms with Gasteiger partial charge in [0, 0.05) is 25.8 Å². The van der Waals surface area contributed by atoms with Crippen LogP contribution < -0.4 is 11.5 Å². The van der Waals surface area contributed by atoms with Gasteiger partial charge >= 0.3 is 0 Å². The first-order valence-corrected chi connectivity index (χ1v) is 10.6. The highest BCUT2D eigenvalue weighted by molar-refractivity contribution is 8.93. The van der Waals surface area contributed by atoms with Crippen molar-refractivity contribution in [2.45, 2.75) is 27.7 Å². The summed E-state index contributed by atoms with van der Waals surface area (Å²) in [6, 6.07) is 10.2. The van der Waals surface area contributed by atoms with E-state index < -0.39 is 0 Å². The quantitative estimate of drug-likeness (QED) is 0.224. The highest BCUT2D eigenvalue weighted by Crippen LogP contribution is 2.41. The summed E-state index contributed by atoms with van der Waals surface area (Å²) in [6.07, 6.45) is 0. The van der Waals surface area contributed by atoms with Crippen LogP contribution in [0.25, 0.3) is 0 Å². The van der Waals surface area contributed by atoms with Crippen molar-refractivity contribution in [1.29, 1.82) is 10.8 Å². The number of benzene rings is 2. The number of nitrogens with two attached hydrogens (primary N) is 2. The molecule has 0 aliphatic rings. The predicted molar refractivity (Wildman–Crippen MR) is 134 cm³/mol. The molecule has 0 aromatic heterocycles. The molecular formula is C17H20Br2ClFN4S3. The van der Waals surface area contributed by atoms with Gasteiger partial charge in [0.05, 0.1) is 0 Å². The molecule has 0 bridgehead atoms. The molecule has 0 fully saturated rings. The van der Waals surface area contributed by atoms with E-state index in [1.54, 1.807) is 12.1 Å². The number of thioether (sulfide) groups is 2. The van der Waals surface area contributed by atoms with Crippen LogP contribution in [0.4, 0.5) is 4.39 Å². The summed E-state index contributed by atoms with van der Waals surface area (Å²) in [5, 5.41) is 15.4. The zero-order chi connectivity index (χ0) is 19.3. The fourth-order valence-corrected chi connectivity index (χ4v) is 4.94. The van der Waals surface area contributed by atoms with Gasteiger partial charge in [-0.1, -0.05) is 46.9 Å². The van der Waals surface area contributed by atoms with Crippen LogP contribution in [0.3, 0.4) is 0 Å². The Morgan fingerprint density at radius 1 is 1.07 bits per heavy atom. The Hall–Kier alpha value is -0.390. The normalized spacial score (nSPS) is 11.1. The molecule has 4 nitrogen and oxygen atoms in total. The maximum absolute atomic E-state index is 13.7. The molecule has 2 aromatic carbocycles. The van der Waals surface area contributed by atoms with E-state index in [9.17, 15) is 4.39 Å². The standard InChI is InChI=1S/C17H18ClFN4S3.2BrH/c1-9(25-17(22)23)13-7-11(18)2-4-15(13)26-14-5-3-12(19)6-10(14)8-24-16(20)21;;/h2-7,9H,8H2,1H3,(H3,20,21)(H3,22,23);2*1H. The number of amidine groups is 2. The van der Waals surface area contributed by atoms with Gasteiger partial charge in [-0.2, -0.15) is 0 Å². The minimum absolute atomic E-state index is 0. The number of nitrogens with one attached hydrogen (secondary N) is 2. The molecule has 0 aliphatic carbocycles. The SMILES string of the molecule is Br.Br.CC(SC(=N)N)c1cc(Cl)ccc1Sc1ccc(F)cc1CSC(=N)N. The van der Waals surface area contributed by atoms with Crippen LogP contribution in [0.15, 0.2) is 46.2 Å². The molecular weight excluding hydrogens is 571 g/mol. The third kappa shape index (κ3) is 8.54. The van der Waals surface area contributed by atoms with Crippen molar-refractivity contribution in [3.63, 3.8) is 0 Å². The van der Waals surface area contributed by atoms with Gasteiger partial charge in [0.15, 0.2) is 10.3 Å². The van der Waals surface area contributed by atoms with Crippen LogP contribution in [0, 0.1) is 16.6 Å². The molecule has 2 rings (SSSR count). The number of hydrogen-bond acceptors (Lipinski definition) is 5. The van der Waals surface area contributed by atoms with Gasteiger partial charge in [0.25, 0.3) is 0 Å². The van der Waals surface area contributed by atoms with E-state index in [1.807, 2.05) is 19.1 Å². The molecule has 2 aromatic rings. The molecule has 154 valence electrons. The Morgan fingerprint density at radius 3 is 2.32 bits per heavy atom. The monoisotopic (exact) mass is 588 g/mol. The van der Waals surface area contributed by atoms with Crippen LogP contribution >= 0.6 is 80.8 Å². The van der Waals surface area contributed by atoms with Gasteiger partial charge in [-0.3, -0.25) is 10.8 Å². The highest BCUT2D eigenvalue weighted by atomic mass is 79.9. The van der Waals surface area contributed by atoms with Gasteiger partial charge in [-0.05, 0) is 54.4 Å². The average molecular weight is 591 g/mol. The fourth-order valence-electron chi connectivity index (χ4n) is 2.22. The minimum atomic E-state index is -0.328. The van der Waals surface area contributed by atoms with Gasteiger partial charge in [-0.25, -0.2) is 4.39 Å². The van der Waals surface area contributed by atoms with Gasteiger partial charge in [0.1, 0.15) is 5.82 Å². The molecule has 1 atom stereocenters. The van der Waals surface area contributed by atoms with Crippen LogP contribution in [-0.4, -0.2) is 10.3 Å². The van der Waals surface area contributed by atoms with Gasteiger partial charge in [0.2, 0.25) is 0 Å². The Bertz CT molecular complexity index is 842. The summed E-state index contributed by atoms with van der Waals surface area (Å²) in [5.74, 6) is 0.0844. The lowest BCUT2D eigenvalue weighted by Crippen LogP contribution is -2.06. The lowest BCUT2D eigenvalue weighted by atomic mass is 10.2. The second kappa shape index (κ2) is 13.0. The summed E-state index contributed by atoms with van der Waals surface area (Å²) in [5.41, 5.74) is 12.6. The van der Waals surface area contributed by atoms with Crippen LogP contribution in [0.2, 0.25) is 5.02 Å². The van der Waals surface area contributed by atoms with E-state index in [0.29, 0.717) is 10.8 Å². The van der Waals surface area contributed by atoms with E-state index in [-0.39, 0.29) is 55.4 Å². The van der Waals surface area contributed by atoms with Crippen LogP contribution in [-0.2, 0) is 5.75 Å². The largest absolute Gasteiger partial charge is 0.379 e. The number of halogens is 4. The van der Waals surface area contributed by atoms with Crippen molar-refractivity contribution >= 4 is 91.2 Å². The molecule has 0 aliphatic heterocycles. The Kier molecular flexibility index (Phi) is 12.8. The van der Waals surface area contributed by atoms with E-state index in [1.165, 1.54) is 35.7 Å². The minimum Gasteiger partial charge on any atom is -0.379 e. The van der Waals surface area contributed by atoms with Crippen molar-refractivity contribution in [3.8, 4) is 0 Å². The second-order valence-electron chi connectivity index (χ2n) is 5.31. The summed E-state index contributed by atoms with van der Waals surface area (Å²) < 4.78 is 13.7. The van der Waals surface area contributed by atoms with E-state index in [0.717, 1.165) is 32.7 Å². The first-order valence-electron chi connectivity index (χ1n) is 7.49. The molecule has 0 heterocycles. The Labute approximate surface area is 202 Å². The van der Waals surface area contributed by atoms with Gasteiger partial charge in [-0.15, -0.1) is 34.0 Å². The van der Waals surface area contributed by atoms with Crippen LogP contribution in [0.1, 0.15) is 23.3 Å². The maximum atomic E-state index is 13.7. The predicted octanol–water partition coefficient (Wildman–Crippen LogP) is 6.60. The summed E-state index contributed by atoms with van der Waals surface area (Å²) in [7, 11) is 0. The molecule has 0 spiro atoms. The molecule has 0 amide bonds. The Morgan fingerprint density at radius 2 is 1.71 bits per heavy atom. The number of rotatable bonds is 6. The summed E-state index contributed by atoms with van der Waals surface area (Å²) >= 11 is 10.0. The van der Waals surface area contributed by atoms with Gasteiger partial charge < -0.3 is 11.5 Å². The Balaban J connectivity index is 0.00000364. The third-order valence-electron chi connectivity index (χ3n) is 3.34. The highest BCUT2D eigenvalue weighted by Gasteiger charge is 2.16. The molecule has 0 radical (unpaired) electrons. The molecule has 11 heteroatoms.